The van der Waals surface area contributed by atoms with E-state index in [9.17, 15) is 0 Å². The van der Waals surface area contributed by atoms with Crippen LogP contribution in [-0.4, -0.2) is 30.0 Å². The molecule has 5 heteroatoms. The summed E-state index contributed by atoms with van der Waals surface area (Å²) >= 11 is 6.10. The van der Waals surface area contributed by atoms with Crippen LogP contribution in [0, 0.1) is 0 Å². The molecule has 0 aliphatic rings. The van der Waals surface area contributed by atoms with Crippen LogP contribution >= 0.6 is 11.6 Å². The number of nitrogens with one attached hydrogen (secondary N) is 1. The van der Waals surface area contributed by atoms with Crippen LogP contribution in [0.3, 0.4) is 0 Å². The van der Waals surface area contributed by atoms with Crippen molar-refractivity contribution in [3.8, 4) is 11.4 Å². The zero-order valence-electron chi connectivity index (χ0n) is 10.3. The van der Waals surface area contributed by atoms with Gasteiger partial charge in [0.1, 0.15) is 0 Å². The third-order valence-electron chi connectivity index (χ3n) is 2.50. The smallest absolute Gasteiger partial charge is 0.157 e. The molecular formula is C13H16ClN3O. The van der Waals surface area contributed by atoms with Gasteiger partial charge < -0.3 is 10.1 Å². The Labute approximate surface area is 112 Å². The molecule has 0 bridgehead atoms. The molecule has 96 valence electrons. The second-order valence-corrected chi connectivity index (χ2v) is 4.28. The van der Waals surface area contributed by atoms with Crippen LogP contribution in [-0.2, 0) is 0 Å². The highest BCUT2D eigenvalue weighted by Crippen LogP contribution is 2.21. The topological polar surface area (TPSA) is 39.1 Å². The largest absolute Gasteiger partial charge is 0.490 e. The van der Waals surface area contributed by atoms with E-state index in [-0.39, 0.29) is 0 Å². The Kier molecular flexibility index (Phi) is 4.61. The number of rotatable bonds is 6. The normalized spacial score (nSPS) is 10.6. The highest BCUT2D eigenvalue weighted by Gasteiger charge is 2.04. The molecule has 18 heavy (non-hydrogen) atoms. The van der Waals surface area contributed by atoms with Crippen LogP contribution in [0.25, 0.3) is 5.69 Å². The molecule has 0 saturated heterocycles. The summed E-state index contributed by atoms with van der Waals surface area (Å²) in [5.74, 6) is 0.756. The van der Waals surface area contributed by atoms with Crippen LogP contribution in [0.4, 0.5) is 0 Å². The fraction of sp³-hybridized carbons (Fsp3) is 0.308. The third-order valence-corrected chi connectivity index (χ3v) is 2.82. The zero-order chi connectivity index (χ0) is 12.8. The SMILES string of the molecule is CNCCCOc1cnn(-c2ccccc2Cl)c1. The molecule has 0 saturated carbocycles. The van der Waals surface area contributed by atoms with Crippen molar-refractivity contribution in [2.45, 2.75) is 6.42 Å². The van der Waals surface area contributed by atoms with Gasteiger partial charge in [0.25, 0.3) is 0 Å². The molecule has 0 aliphatic carbocycles. The fourth-order valence-corrected chi connectivity index (χ4v) is 1.81. The Balaban J connectivity index is 2.00. The van der Waals surface area contributed by atoms with Gasteiger partial charge in [-0.1, -0.05) is 23.7 Å². The van der Waals surface area contributed by atoms with Crippen molar-refractivity contribution in [3.05, 3.63) is 41.7 Å². The van der Waals surface area contributed by atoms with Crippen molar-refractivity contribution >= 4 is 11.6 Å². The van der Waals surface area contributed by atoms with Gasteiger partial charge >= 0.3 is 0 Å². The van der Waals surface area contributed by atoms with Crippen molar-refractivity contribution in [3.63, 3.8) is 0 Å². The number of ether oxygens (including phenoxy) is 1. The van der Waals surface area contributed by atoms with Gasteiger partial charge in [-0.3, -0.25) is 0 Å². The maximum absolute atomic E-state index is 6.10. The number of nitrogens with zero attached hydrogens (tertiary/aromatic N) is 2. The predicted octanol–water partition coefficient (Wildman–Crippen LogP) is 2.51. The summed E-state index contributed by atoms with van der Waals surface area (Å²) in [6.45, 7) is 1.62. The standard InChI is InChI=1S/C13H16ClN3O/c1-15-7-4-8-18-11-9-16-17(10-11)13-6-3-2-5-12(13)14/h2-3,5-6,9-10,15H,4,7-8H2,1H3. The number of hydrogen-bond donors (Lipinski definition) is 1. The van der Waals surface area contributed by atoms with Gasteiger partial charge in [-0.15, -0.1) is 0 Å². The van der Waals surface area contributed by atoms with E-state index in [1.165, 1.54) is 0 Å². The number of para-hydroxylation sites is 1. The first-order valence-electron chi connectivity index (χ1n) is 5.88. The summed E-state index contributed by atoms with van der Waals surface area (Å²) in [5, 5.41) is 7.98. The predicted molar refractivity (Wildman–Crippen MR) is 72.6 cm³/mol. The average Bonchev–Trinajstić information content (AvgIpc) is 2.84. The van der Waals surface area contributed by atoms with Crippen molar-refractivity contribution < 1.29 is 4.74 Å². The minimum atomic E-state index is 0.669. The van der Waals surface area contributed by atoms with Gasteiger partial charge in [0, 0.05) is 0 Å². The van der Waals surface area contributed by atoms with Crippen LogP contribution < -0.4 is 10.1 Å². The summed E-state index contributed by atoms with van der Waals surface area (Å²) < 4.78 is 7.30. The molecule has 4 nitrogen and oxygen atoms in total. The van der Waals surface area contributed by atoms with E-state index >= 15 is 0 Å². The number of benzene rings is 1. The molecule has 0 fully saturated rings. The van der Waals surface area contributed by atoms with Gasteiger partial charge in [0.2, 0.25) is 0 Å². The summed E-state index contributed by atoms with van der Waals surface area (Å²) in [5.41, 5.74) is 0.851. The third kappa shape index (κ3) is 3.24. The fourth-order valence-electron chi connectivity index (χ4n) is 1.59. The molecular weight excluding hydrogens is 250 g/mol. The minimum Gasteiger partial charge on any atom is -0.490 e. The monoisotopic (exact) mass is 265 g/mol. The van der Waals surface area contributed by atoms with E-state index in [0.717, 1.165) is 24.4 Å². The lowest BCUT2D eigenvalue weighted by Crippen LogP contribution is -2.11. The van der Waals surface area contributed by atoms with Gasteiger partial charge in [0.15, 0.2) is 5.75 Å². The Bertz CT molecular complexity index is 498. The Hall–Kier alpha value is -1.52. The second-order valence-electron chi connectivity index (χ2n) is 3.88. The molecule has 2 rings (SSSR count). The molecule has 0 unspecified atom stereocenters. The maximum atomic E-state index is 6.10. The van der Waals surface area contributed by atoms with E-state index in [1.807, 2.05) is 37.5 Å². The van der Waals surface area contributed by atoms with Crippen LogP contribution in [0.5, 0.6) is 5.75 Å². The summed E-state index contributed by atoms with van der Waals surface area (Å²) in [6, 6.07) is 7.58. The molecule has 0 spiro atoms. The first-order valence-corrected chi connectivity index (χ1v) is 6.26. The lowest BCUT2D eigenvalue weighted by atomic mass is 10.3. The van der Waals surface area contributed by atoms with Gasteiger partial charge in [-0.2, -0.15) is 5.10 Å². The molecule has 1 aromatic heterocycles. The summed E-state index contributed by atoms with van der Waals surface area (Å²) in [4.78, 5) is 0. The minimum absolute atomic E-state index is 0.669. The quantitative estimate of drug-likeness (QED) is 0.816. The van der Waals surface area contributed by atoms with Gasteiger partial charge in [-0.05, 0) is 32.1 Å². The first kappa shape index (κ1) is 12.9. The number of aromatic nitrogens is 2. The van der Waals surface area contributed by atoms with Crippen molar-refractivity contribution in [1.29, 1.82) is 0 Å². The maximum Gasteiger partial charge on any atom is 0.157 e. The second kappa shape index (κ2) is 6.42. The number of hydrogen-bond acceptors (Lipinski definition) is 3. The highest BCUT2D eigenvalue weighted by molar-refractivity contribution is 6.32. The molecule has 0 aliphatic heterocycles. The number of halogens is 1. The molecule has 1 N–H and O–H groups in total. The van der Waals surface area contributed by atoms with Crippen molar-refractivity contribution in [2.75, 3.05) is 20.2 Å². The lowest BCUT2D eigenvalue weighted by Gasteiger charge is -2.03. The van der Waals surface area contributed by atoms with E-state index in [1.54, 1.807) is 10.9 Å². The Morgan fingerprint density at radius 1 is 1.39 bits per heavy atom. The molecule has 0 atom stereocenters. The van der Waals surface area contributed by atoms with E-state index in [0.29, 0.717) is 11.6 Å². The van der Waals surface area contributed by atoms with Gasteiger partial charge in [0.05, 0.1) is 29.7 Å². The molecule has 1 aromatic carbocycles. The Morgan fingerprint density at radius 2 is 2.22 bits per heavy atom. The van der Waals surface area contributed by atoms with E-state index in [2.05, 4.69) is 10.4 Å². The lowest BCUT2D eigenvalue weighted by molar-refractivity contribution is 0.309. The van der Waals surface area contributed by atoms with Gasteiger partial charge in [-0.25, -0.2) is 4.68 Å². The van der Waals surface area contributed by atoms with Crippen molar-refractivity contribution in [2.24, 2.45) is 0 Å². The van der Waals surface area contributed by atoms with E-state index in [4.69, 9.17) is 16.3 Å². The van der Waals surface area contributed by atoms with Crippen LogP contribution in [0.2, 0.25) is 5.02 Å². The molecule has 1 heterocycles. The summed E-state index contributed by atoms with van der Waals surface area (Å²) in [7, 11) is 1.93. The molecule has 0 radical (unpaired) electrons. The van der Waals surface area contributed by atoms with Crippen molar-refractivity contribution in [1.82, 2.24) is 15.1 Å². The van der Waals surface area contributed by atoms with Crippen LogP contribution in [0.15, 0.2) is 36.7 Å². The zero-order valence-corrected chi connectivity index (χ0v) is 11.0. The highest BCUT2D eigenvalue weighted by atomic mass is 35.5. The molecule has 0 amide bonds. The first-order chi connectivity index (χ1) is 8.81. The molecule has 2 aromatic rings. The Morgan fingerprint density at radius 3 is 3.00 bits per heavy atom. The average molecular weight is 266 g/mol. The summed E-state index contributed by atoms with van der Waals surface area (Å²) in [6.07, 6.45) is 4.50. The van der Waals surface area contributed by atoms with Crippen LogP contribution in [0.1, 0.15) is 6.42 Å². The van der Waals surface area contributed by atoms with E-state index < -0.39 is 0 Å².